The van der Waals surface area contributed by atoms with Crippen molar-refractivity contribution in [3.63, 3.8) is 0 Å². The van der Waals surface area contributed by atoms with Gasteiger partial charge in [0, 0.05) is 5.02 Å². The minimum Gasteiger partial charge on any atom is -0.481 e. The lowest BCUT2D eigenvalue weighted by Crippen LogP contribution is -2.61. The molecule has 0 aromatic heterocycles. The van der Waals surface area contributed by atoms with Crippen LogP contribution >= 0.6 is 11.6 Å². The molecule has 3 nitrogen and oxygen atoms in total. The molecule has 1 aromatic rings. The van der Waals surface area contributed by atoms with Crippen LogP contribution in [0.5, 0.6) is 0 Å². The lowest BCUT2D eigenvalue weighted by molar-refractivity contribution is -0.198. The molecule has 4 aliphatic rings. The highest BCUT2D eigenvalue weighted by Crippen LogP contribution is 2.65. The molecule has 1 aromatic carbocycles. The van der Waals surface area contributed by atoms with Crippen LogP contribution in [0.3, 0.4) is 0 Å². The molecule has 4 fully saturated rings. The van der Waals surface area contributed by atoms with Crippen molar-refractivity contribution in [1.82, 2.24) is 0 Å². The predicted octanol–water partition coefficient (Wildman–Crippen LogP) is 3.91. The smallest absolute Gasteiger partial charge is 0.303 e. The van der Waals surface area contributed by atoms with Gasteiger partial charge in [0.05, 0.1) is 12.0 Å². The van der Waals surface area contributed by atoms with Crippen LogP contribution in [0.1, 0.15) is 44.1 Å². The average molecular weight is 335 g/mol. The molecule has 0 saturated heterocycles. The van der Waals surface area contributed by atoms with Crippen molar-refractivity contribution >= 4 is 17.6 Å². The van der Waals surface area contributed by atoms with Gasteiger partial charge in [-0.05, 0) is 73.3 Å². The van der Waals surface area contributed by atoms with Gasteiger partial charge in [0.25, 0.3) is 0 Å². The molecule has 5 rings (SSSR count). The van der Waals surface area contributed by atoms with Crippen LogP contribution in [0, 0.1) is 23.2 Å². The Morgan fingerprint density at radius 2 is 1.83 bits per heavy atom. The van der Waals surface area contributed by atoms with Crippen LogP contribution in [0.4, 0.5) is 0 Å². The van der Waals surface area contributed by atoms with E-state index in [9.17, 15) is 15.0 Å². The van der Waals surface area contributed by atoms with Crippen molar-refractivity contribution in [1.29, 1.82) is 0 Å². The summed E-state index contributed by atoms with van der Waals surface area (Å²) in [6.07, 6.45) is 5.48. The Morgan fingerprint density at radius 3 is 2.39 bits per heavy atom. The first-order valence-electron chi connectivity index (χ1n) is 8.58. The van der Waals surface area contributed by atoms with Crippen LogP contribution in [0.15, 0.2) is 24.3 Å². The molecule has 4 heteroatoms. The van der Waals surface area contributed by atoms with E-state index in [0.717, 1.165) is 49.1 Å². The Labute approximate surface area is 141 Å². The maximum Gasteiger partial charge on any atom is 0.303 e. The monoisotopic (exact) mass is 334 g/mol. The molecule has 0 heterocycles. The maximum absolute atomic E-state index is 11.7. The van der Waals surface area contributed by atoms with Crippen LogP contribution in [0.2, 0.25) is 5.02 Å². The second-order valence-corrected chi connectivity index (χ2v) is 8.55. The zero-order valence-electron chi connectivity index (χ0n) is 13.2. The lowest BCUT2D eigenvalue weighted by atomic mass is 9.42. The average Bonchev–Trinajstić information content (AvgIpc) is 2.45. The summed E-state index contributed by atoms with van der Waals surface area (Å²) in [5.41, 5.74) is 0.258. The molecular weight excluding hydrogens is 312 g/mol. The number of aliphatic carboxylic acids is 1. The predicted molar refractivity (Wildman–Crippen MR) is 88.3 cm³/mol. The molecule has 2 atom stereocenters. The van der Waals surface area contributed by atoms with Crippen LogP contribution in [0.25, 0.3) is 0 Å². The summed E-state index contributed by atoms with van der Waals surface area (Å²) in [6, 6.07) is 7.79. The highest BCUT2D eigenvalue weighted by Gasteiger charge is 2.62. The van der Waals surface area contributed by atoms with E-state index < -0.39 is 11.6 Å². The van der Waals surface area contributed by atoms with Crippen LogP contribution in [-0.2, 0) is 11.2 Å². The summed E-state index contributed by atoms with van der Waals surface area (Å²) < 4.78 is 0. The third kappa shape index (κ3) is 2.49. The first-order chi connectivity index (χ1) is 10.9. The van der Waals surface area contributed by atoms with Crippen molar-refractivity contribution in [3.05, 3.63) is 34.9 Å². The van der Waals surface area contributed by atoms with E-state index in [1.165, 1.54) is 0 Å². The zero-order valence-corrected chi connectivity index (χ0v) is 13.9. The van der Waals surface area contributed by atoms with Gasteiger partial charge in [-0.1, -0.05) is 29.8 Å². The van der Waals surface area contributed by atoms with Gasteiger partial charge < -0.3 is 10.2 Å². The lowest BCUT2D eigenvalue weighted by Gasteiger charge is -2.64. The molecule has 0 amide bonds. The quantitative estimate of drug-likeness (QED) is 0.877. The summed E-state index contributed by atoms with van der Waals surface area (Å²) >= 11 is 6.37. The van der Waals surface area contributed by atoms with Crippen molar-refractivity contribution < 1.29 is 15.0 Å². The first-order valence-corrected chi connectivity index (χ1v) is 8.96. The fraction of sp³-hybridized carbons (Fsp3) is 0.632. The number of aliphatic hydroxyl groups is 1. The molecule has 2 N–H and O–H groups in total. The Morgan fingerprint density at radius 1 is 1.17 bits per heavy atom. The molecule has 2 unspecified atom stereocenters. The normalized spacial score (nSPS) is 41.2. The summed E-state index contributed by atoms with van der Waals surface area (Å²) in [7, 11) is 0. The van der Waals surface area contributed by atoms with E-state index in [0.29, 0.717) is 17.8 Å². The number of carbonyl (C=O) groups is 1. The largest absolute Gasteiger partial charge is 0.481 e. The maximum atomic E-state index is 11.7. The number of hydrogen-bond acceptors (Lipinski definition) is 2. The van der Waals surface area contributed by atoms with E-state index in [4.69, 9.17) is 11.6 Å². The SMILES string of the molecule is O=C(O)C[C@]1(Cc2ccccc2Cl)C2CC3CC1C[C@@](O)(C3)C2. The van der Waals surface area contributed by atoms with E-state index in [-0.39, 0.29) is 11.8 Å². The highest BCUT2D eigenvalue weighted by molar-refractivity contribution is 6.31. The Kier molecular flexibility index (Phi) is 3.51. The van der Waals surface area contributed by atoms with E-state index in [1.807, 2.05) is 24.3 Å². The zero-order chi connectivity index (χ0) is 16.2. The van der Waals surface area contributed by atoms with E-state index in [2.05, 4.69) is 0 Å². The second kappa shape index (κ2) is 5.22. The van der Waals surface area contributed by atoms with Crippen molar-refractivity contribution in [2.24, 2.45) is 23.2 Å². The van der Waals surface area contributed by atoms with Gasteiger partial charge in [-0.15, -0.1) is 0 Å². The molecule has 23 heavy (non-hydrogen) atoms. The van der Waals surface area contributed by atoms with E-state index in [1.54, 1.807) is 0 Å². The van der Waals surface area contributed by atoms with Gasteiger partial charge >= 0.3 is 5.97 Å². The van der Waals surface area contributed by atoms with Gasteiger partial charge in [0.1, 0.15) is 0 Å². The van der Waals surface area contributed by atoms with Crippen molar-refractivity contribution in [3.8, 4) is 0 Å². The summed E-state index contributed by atoms with van der Waals surface area (Å²) in [6.45, 7) is 0. The van der Waals surface area contributed by atoms with Crippen LogP contribution in [-0.4, -0.2) is 21.8 Å². The van der Waals surface area contributed by atoms with E-state index >= 15 is 0 Å². The Bertz CT molecular complexity index is 625. The molecule has 4 aliphatic carbocycles. The number of carboxylic acids is 1. The molecule has 4 saturated carbocycles. The number of benzene rings is 1. The van der Waals surface area contributed by atoms with Crippen LogP contribution < -0.4 is 0 Å². The number of carboxylic acid groups (broad SMARTS) is 1. The van der Waals surface area contributed by atoms with Gasteiger partial charge in [-0.3, -0.25) is 4.79 Å². The van der Waals surface area contributed by atoms with Gasteiger partial charge in [-0.25, -0.2) is 0 Å². The molecular formula is C19H23ClO3. The molecule has 4 bridgehead atoms. The Hall–Kier alpha value is -1.06. The number of hydrogen-bond donors (Lipinski definition) is 2. The first kappa shape index (κ1) is 15.5. The van der Waals surface area contributed by atoms with Gasteiger partial charge in [0.2, 0.25) is 0 Å². The Balaban J connectivity index is 1.73. The fourth-order valence-corrected chi connectivity index (χ4v) is 6.27. The number of rotatable bonds is 4. The molecule has 0 spiro atoms. The summed E-state index contributed by atoms with van der Waals surface area (Å²) in [5, 5.41) is 21.1. The van der Waals surface area contributed by atoms with Crippen molar-refractivity contribution in [2.45, 2.75) is 50.5 Å². The fourth-order valence-electron chi connectivity index (χ4n) is 6.07. The third-order valence-electron chi connectivity index (χ3n) is 6.74. The van der Waals surface area contributed by atoms with Gasteiger partial charge in [0.15, 0.2) is 0 Å². The second-order valence-electron chi connectivity index (χ2n) is 8.14. The number of halogens is 1. The minimum absolute atomic E-state index is 0.191. The summed E-state index contributed by atoms with van der Waals surface area (Å²) in [4.78, 5) is 11.7. The topological polar surface area (TPSA) is 57.5 Å². The molecule has 124 valence electrons. The third-order valence-corrected chi connectivity index (χ3v) is 7.11. The van der Waals surface area contributed by atoms with Gasteiger partial charge in [-0.2, -0.15) is 0 Å². The summed E-state index contributed by atoms with van der Waals surface area (Å²) in [5.74, 6) is 0.444. The van der Waals surface area contributed by atoms with Crippen molar-refractivity contribution in [2.75, 3.05) is 0 Å². The standard InChI is InChI=1S/C19H23ClO3/c20-16-4-2-1-3-13(16)8-19(11-17(21)22)14-5-12-6-15(19)10-18(23,7-12)9-14/h1-4,12,14-15,23H,5-11H2,(H,21,22)/t12?,14?,15?,18-,19-. The highest BCUT2D eigenvalue weighted by atomic mass is 35.5. The minimum atomic E-state index is -0.725. The molecule has 0 aliphatic heterocycles. The molecule has 0 radical (unpaired) electrons.